The molecule has 0 aliphatic rings. The Morgan fingerprint density at radius 1 is 0.458 bits per heavy atom. The third-order valence-corrected chi connectivity index (χ3v) is 7.49. The summed E-state index contributed by atoms with van der Waals surface area (Å²) >= 11 is 0. The zero-order valence-corrected chi connectivity index (χ0v) is 22.5. The van der Waals surface area contributed by atoms with Crippen LogP contribution in [0.25, 0.3) is 0 Å². The van der Waals surface area contributed by atoms with Gasteiger partial charge in [-0.2, -0.15) is 17.2 Å². The van der Waals surface area contributed by atoms with Crippen LogP contribution in [0.2, 0.25) is 0 Å². The molecule has 0 bridgehead atoms. The molecule has 0 rings (SSSR count). The van der Waals surface area contributed by atoms with E-state index in [-0.39, 0.29) is 93.0 Å². The van der Waals surface area contributed by atoms with Crippen molar-refractivity contribution in [3.8, 4) is 0 Å². The quantitative estimate of drug-likeness (QED) is 0.123. The summed E-state index contributed by atoms with van der Waals surface area (Å²) in [6.07, 6.45) is 0. The van der Waals surface area contributed by atoms with Crippen molar-refractivity contribution in [1.82, 2.24) is 0 Å². The molecule has 16 nitrogen and oxygen atoms in total. The van der Waals surface area contributed by atoms with Gasteiger partial charge in [-0.25, -0.2) is 22.8 Å². The van der Waals surface area contributed by atoms with E-state index in [1.807, 2.05) is 0 Å². The number of hydrogen-bond donors (Lipinski definition) is 7. The molecule has 0 saturated carbocycles. The summed E-state index contributed by atoms with van der Waals surface area (Å²) in [6, 6.07) is 0. The van der Waals surface area contributed by atoms with E-state index in [2.05, 4.69) is 17.2 Å². The van der Waals surface area contributed by atoms with E-state index in [1.54, 1.807) is 0 Å². The van der Waals surface area contributed by atoms with Crippen molar-refractivity contribution in [2.45, 2.75) is 0 Å². The monoisotopic (exact) mass is 490 g/mol. The van der Waals surface area contributed by atoms with Crippen LogP contribution in [0.3, 0.4) is 0 Å². The van der Waals surface area contributed by atoms with E-state index in [1.165, 1.54) is 0 Å². The molecule has 0 fully saturated rings. The molecular weight excluding hydrogens is 480 g/mol. The minimum absolute atomic E-state index is 0. The summed E-state index contributed by atoms with van der Waals surface area (Å²) in [5.41, 5.74) is 0. The molecule has 0 heterocycles. The predicted octanol–water partition coefficient (Wildman–Crippen LogP) is -9.11. The molecule has 134 valence electrons. The summed E-state index contributed by atoms with van der Waals surface area (Å²) < 4.78 is 65.6. The molecule has 0 radical (unpaired) electrons. The van der Waals surface area contributed by atoms with Gasteiger partial charge >= 0.3 is 128 Å². The number of rotatable bonds is 8. The molecule has 0 aliphatic carbocycles. The molecule has 24 heavy (non-hydrogen) atoms. The molecule has 0 amide bonds. The van der Waals surface area contributed by atoms with Gasteiger partial charge in [0.2, 0.25) is 0 Å². The largest absolute Gasteiger partial charge is 1.00 e. The Hall–Kier alpha value is 3.71. The molecule has 0 aromatic rings. The van der Waals surface area contributed by atoms with Gasteiger partial charge in [0.15, 0.2) is 0 Å². The SMILES string of the molecule is O=P(O)(O)OP(=O)(O)OP(=O)(O)OP(=O)(O)OP(=O)(O)O.[H-].[H-].[H-].[Na+].[Na+].[Na+]. The van der Waals surface area contributed by atoms with Crippen molar-refractivity contribution in [2.24, 2.45) is 0 Å². The normalized spacial score (nSPS) is 19.3. The van der Waals surface area contributed by atoms with Gasteiger partial charge in [0.05, 0.1) is 0 Å². The van der Waals surface area contributed by atoms with E-state index in [9.17, 15) is 22.8 Å². The van der Waals surface area contributed by atoms with E-state index in [0.29, 0.717) is 0 Å². The van der Waals surface area contributed by atoms with Crippen molar-refractivity contribution < 1.29 is 167 Å². The predicted molar refractivity (Wildman–Crippen MR) is 61.2 cm³/mol. The first-order chi connectivity index (χ1) is 8.83. The fraction of sp³-hybridized carbons (Fsp3) is 0. The molecule has 2 atom stereocenters. The Kier molecular flexibility index (Phi) is 18.2. The molecule has 2 unspecified atom stereocenters. The second-order valence-corrected chi connectivity index (χ2v) is 10.1. The zero-order chi connectivity index (χ0) is 17.3. The Labute approximate surface area is 204 Å². The third kappa shape index (κ3) is 20.4. The number of phosphoric acid groups is 5. The smallest absolute Gasteiger partial charge is 1.00 e. The van der Waals surface area contributed by atoms with Crippen molar-refractivity contribution in [2.75, 3.05) is 0 Å². The Morgan fingerprint density at radius 3 is 0.792 bits per heavy atom. The van der Waals surface area contributed by atoms with Crippen LogP contribution in [0, 0.1) is 0 Å². The minimum Gasteiger partial charge on any atom is -1.00 e. The number of hydrogen-bond acceptors (Lipinski definition) is 9. The van der Waals surface area contributed by atoms with E-state index >= 15 is 0 Å². The van der Waals surface area contributed by atoms with E-state index < -0.39 is 39.1 Å². The molecule has 7 N–H and O–H groups in total. The second kappa shape index (κ2) is 12.4. The van der Waals surface area contributed by atoms with Crippen LogP contribution >= 0.6 is 39.1 Å². The summed E-state index contributed by atoms with van der Waals surface area (Å²) in [4.78, 5) is 58.7. The van der Waals surface area contributed by atoms with Gasteiger partial charge in [-0.15, -0.1) is 0 Å². The molecule has 0 aliphatic heterocycles. The summed E-state index contributed by atoms with van der Waals surface area (Å²) in [7, 11) is -29.3. The van der Waals surface area contributed by atoms with E-state index in [0.717, 1.165) is 0 Å². The molecule has 0 saturated heterocycles. The molecule has 0 spiro atoms. The maximum absolute atomic E-state index is 11.0. The first-order valence-electron chi connectivity index (χ1n) is 3.77. The molecule has 0 aromatic heterocycles. The average molecular weight is 490 g/mol. The topological polar surface area (TPSA) is 264 Å². The van der Waals surface area contributed by atoms with E-state index in [4.69, 9.17) is 34.3 Å². The van der Waals surface area contributed by atoms with Crippen LogP contribution in [-0.4, -0.2) is 34.3 Å². The van der Waals surface area contributed by atoms with Gasteiger partial charge < -0.3 is 38.5 Å². The van der Waals surface area contributed by atoms with Crippen LogP contribution in [0.4, 0.5) is 0 Å². The van der Waals surface area contributed by atoms with Crippen LogP contribution < -0.4 is 88.7 Å². The molecular formula is H10Na3O16P5. The summed E-state index contributed by atoms with van der Waals surface area (Å²) in [5.74, 6) is 0. The van der Waals surface area contributed by atoms with Gasteiger partial charge in [0.1, 0.15) is 0 Å². The van der Waals surface area contributed by atoms with Gasteiger partial charge in [-0.05, 0) is 0 Å². The van der Waals surface area contributed by atoms with Crippen molar-refractivity contribution in [1.29, 1.82) is 0 Å². The minimum atomic E-state index is -6.07. The Balaban J connectivity index is -0.000000133. The maximum atomic E-state index is 11.0. The Bertz CT molecular complexity index is 573. The third-order valence-electron chi connectivity index (χ3n) is 0.832. The standard InChI is InChI=1S/3Na.H7O16P5.3H/c;;;1-17(2,3)13-19(7,8)15-21(11,12)16-20(9,10)14-18(4,5)6;;;/h;;;(H,7,8)(H,9,10)(H,11,12)(H2,1,2,3)(H2,4,5,6);;;/q3*+1;;3*-1. The van der Waals surface area contributed by atoms with Crippen LogP contribution in [-0.2, 0) is 40.1 Å². The van der Waals surface area contributed by atoms with Crippen molar-refractivity contribution in [3.05, 3.63) is 0 Å². The fourth-order valence-corrected chi connectivity index (χ4v) is 5.97. The van der Waals surface area contributed by atoms with Crippen LogP contribution in [0.15, 0.2) is 0 Å². The average Bonchev–Trinajstić information content (AvgIpc) is 1.83. The maximum Gasteiger partial charge on any atom is 1.00 e. The first kappa shape index (κ1) is 35.2. The fourth-order valence-electron chi connectivity index (χ4n) is 0.574. The molecule has 0 aromatic carbocycles. The summed E-state index contributed by atoms with van der Waals surface area (Å²) in [6.45, 7) is 0. The molecule has 24 heteroatoms. The summed E-state index contributed by atoms with van der Waals surface area (Å²) in [5, 5.41) is 0. The van der Waals surface area contributed by atoms with Crippen molar-refractivity contribution >= 4 is 39.1 Å². The van der Waals surface area contributed by atoms with Gasteiger partial charge in [0.25, 0.3) is 0 Å². The van der Waals surface area contributed by atoms with Crippen molar-refractivity contribution in [3.63, 3.8) is 0 Å². The van der Waals surface area contributed by atoms with Crippen LogP contribution in [0.5, 0.6) is 0 Å². The van der Waals surface area contributed by atoms with Gasteiger partial charge in [0, 0.05) is 0 Å². The Morgan fingerprint density at radius 2 is 0.625 bits per heavy atom. The zero-order valence-electron chi connectivity index (χ0n) is 15.0. The first-order valence-corrected chi connectivity index (χ1v) is 11.3. The van der Waals surface area contributed by atoms with Gasteiger partial charge in [-0.3, -0.25) is 0 Å². The van der Waals surface area contributed by atoms with Gasteiger partial charge in [-0.1, -0.05) is 0 Å². The second-order valence-electron chi connectivity index (χ2n) is 2.71. The van der Waals surface area contributed by atoms with Crippen LogP contribution in [0.1, 0.15) is 4.28 Å².